The SMILES string of the molecule is CC(C)OCCCNCc1csc(-c2ccccn2)n1. The Bertz CT molecular complexity index is 499. The van der Waals surface area contributed by atoms with Crippen LogP contribution in [0.25, 0.3) is 10.7 Å². The molecule has 0 saturated carbocycles. The van der Waals surface area contributed by atoms with Crippen molar-refractivity contribution in [3.05, 3.63) is 35.5 Å². The molecule has 2 aromatic heterocycles. The minimum Gasteiger partial charge on any atom is -0.379 e. The summed E-state index contributed by atoms with van der Waals surface area (Å²) >= 11 is 1.64. The molecular formula is C15H21N3OS. The predicted molar refractivity (Wildman–Crippen MR) is 82.8 cm³/mol. The number of aromatic nitrogens is 2. The van der Waals surface area contributed by atoms with Gasteiger partial charge in [-0.15, -0.1) is 11.3 Å². The van der Waals surface area contributed by atoms with Crippen molar-refractivity contribution in [2.45, 2.75) is 32.9 Å². The number of thiazole rings is 1. The highest BCUT2D eigenvalue weighted by Crippen LogP contribution is 2.20. The lowest BCUT2D eigenvalue weighted by Crippen LogP contribution is -2.17. The average molecular weight is 291 g/mol. The van der Waals surface area contributed by atoms with Gasteiger partial charge in [0.1, 0.15) is 5.01 Å². The van der Waals surface area contributed by atoms with Crippen molar-refractivity contribution in [3.8, 4) is 10.7 Å². The molecule has 0 aliphatic carbocycles. The lowest BCUT2D eigenvalue weighted by Gasteiger charge is -2.07. The molecule has 0 aliphatic rings. The van der Waals surface area contributed by atoms with E-state index in [9.17, 15) is 0 Å². The summed E-state index contributed by atoms with van der Waals surface area (Å²) in [5.41, 5.74) is 2.01. The zero-order valence-corrected chi connectivity index (χ0v) is 12.8. The number of hydrogen-bond acceptors (Lipinski definition) is 5. The smallest absolute Gasteiger partial charge is 0.142 e. The molecule has 2 rings (SSSR count). The van der Waals surface area contributed by atoms with E-state index < -0.39 is 0 Å². The van der Waals surface area contributed by atoms with Gasteiger partial charge in [0.25, 0.3) is 0 Å². The Balaban J connectivity index is 1.71. The highest BCUT2D eigenvalue weighted by atomic mass is 32.1. The molecule has 0 aliphatic heterocycles. The molecule has 0 amide bonds. The number of ether oxygens (including phenoxy) is 1. The summed E-state index contributed by atoms with van der Waals surface area (Å²) in [5, 5.41) is 6.45. The van der Waals surface area contributed by atoms with Crippen LogP contribution in [0.1, 0.15) is 26.0 Å². The molecule has 2 heterocycles. The van der Waals surface area contributed by atoms with E-state index in [-0.39, 0.29) is 0 Å². The molecule has 5 heteroatoms. The van der Waals surface area contributed by atoms with Gasteiger partial charge >= 0.3 is 0 Å². The Hall–Kier alpha value is -1.30. The second kappa shape index (κ2) is 8.09. The van der Waals surface area contributed by atoms with Gasteiger partial charge in [-0.2, -0.15) is 0 Å². The average Bonchev–Trinajstić information content (AvgIpc) is 2.92. The van der Waals surface area contributed by atoms with E-state index in [1.807, 2.05) is 18.2 Å². The van der Waals surface area contributed by atoms with E-state index in [2.05, 4.69) is 34.5 Å². The molecule has 0 spiro atoms. The zero-order chi connectivity index (χ0) is 14.2. The quantitative estimate of drug-likeness (QED) is 0.759. The monoisotopic (exact) mass is 291 g/mol. The van der Waals surface area contributed by atoms with Gasteiger partial charge in [-0.1, -0.05) is 6.07 Å². The number of pyridine rings is 1. The minimum atomic E-state index is 0.314. The summed E-state index contributed by atoms with van der Waals surface area (Å²) in [7, 11) is 0. The van der Waals surface area contributed by atoms with Crippen molar-refractivity contribution in [2.75, 3.05) is 13.2 Å². The van der Waals surface area contributed by atoms with E-state index in [1.165, 1.54) is 0 Å². The largest absolute Gasteiger partial charge is 0.379 e. The highest BCUT2D eigenvalue weighted by molar-refractivity contribution is 7.13. The molecule has 0 aromatic carbocycles. The Labute approximate surface area is 124 Å². The van der Waals surface area contributed by atoms with Gasteiger partial charge in [0.05, 0.1) is 17.5 Å². The Kier molecular flexibility index (Phi) is 6.11. The summed E-state index contributed by atoms with van der Waals surface area (Å²) < 4.78 is 5.49. The molecule has 0 atom stereocenters. The van der Waals surface area contributed by atoms with E-state index in [1.54, 1.807) is 17.5 Å². The van der Waals surface area contributed by atoms with Gasteiger partial charge in [0.15, 0.2) is 0 Å². The second-order valence-electron chi connectivity index (χ2n) is 4.81. The fraction of sp³-hybridized carbons (Fsp3) is 0.467. The Morgan fingerprint density at radius 3 is 3.00 bits per heavy atom. The molecule has 4 nitrogen and oxygen atoms in total. The van der Waals surface area contributed by atoms with Crippen LogP contribution >= 0.6 is 11.3 Å². The van der Waals surface area contributed by atoms with Crippen LogP contribution in [0.4, 0.5) is 0 Å². The summed E-state index contributed by atoms with van der Waals surface area (Å²) in [4.78, 5) is 8.90. The number of nitrogens with one attached hydrogen (secondary N) is 1. The highest BCUT2D eigenvalue weighted by Gasteiger charge is 2.04. The molecular weight excluding hydrogens is 270 g/mol. The predicted octanol–water partition coefficient (Wildman–Crippen LogP) is 3.11. The van der Waals surface area contributed by atoms with Gasteiger partial charge in [0.2, 0.25) is 0 Å². The Morgan fingerprint density at radius 2 is 2.25 bits per heavy atom. The maximum atomic E-state index is 5.49. The molecule has 108 valence electrons. The van der Waals surface area contributed by atoms with Crippen molar-refractivity contribution < 1.29 is 4.74 Å². The van der Waals surface area contributed by atoms with Crippen LogP contribution in [0.5, 0.6) is 0 Å². The second-order valence-corrected chi connectivity index (χ2v) is 5.67. The van der Waals surface area contributed by atoms with Crippen molar-refractivity contribution in [3.63, 3.8) is 0 Å². The van der Waals surface area contributed by atoms with Crippen LogP contribution in [0.2, 0.25) is 0 Å². The lowest BCUT2D eigenvalue weighted by atomic mass is 10.3. The van der Waals surface area contributed by atoms with Crippen LogP contribution in [0, 0.1) is 0 Å². The molecule has 0 fully saturated rings. The molecule has 0 bridgehead atoms. The first-order valence-electron chi connectivity index (χ1n) is 6.94. The molecule has 2 aromatic rings. The first-order valence-corrected chi connectivity index (χ1v) is 7.82. The maximum Gasteiger partial charge on any atom is 0.142 e. The first-order chi connectivity index (χ1) is 9.75. The van der Waals surface area contributed by atoms with E-state index in [0.717, 1.165) is 42.5 Å². The first kappa shape index (κ1) is 15.1. The van der Waals surface area contributed by atoms with Crippen molar-refractivity contribution in [1.29, 1.82) is 0 Å². The van der Waals surface area contributed by atoms with Crippen LogP contribution in [0.3, 0.4) is 0 Å². The van der Waals surface area contributed by atoms with Crippen molar-refractivity contribution in [2.24, 2.45) is 0 Å². The van der Waals surface area contributed by atoms with Gasteiger partial charge < -0.3 is 10.1 Å². The van der Waals surface area contributed by atoms with Gasteiger partial charge in [-0.3, -0.25) is 4.98 Å². The third-order valence-electron chi connectivity index (χ3n) is 2.69. The van der Waals surface area contributed by atoms with Crippen LogP contribution < -0.4 is 5.32 Å². The normalized spacial score (nSPS) is 11.2. The molecule has 0 saturated heterocycles. The Morgan fingerprint density at radius 1 is 1.35 bits per heavy atom. The van der Waals surface area contributed by atoms with Crippen LogP contribution in [-0.2, 0) is 11.3 Å². The molecule has 0 unspecified atom stereocenters. The maximum absolute atomic E-state index is 5.49. The fourth-order valence-electron chi connectivity index (χ4n) is 1.73. The summed E-state index contributed by atoms with van der Waals surface area (Å²) in [6, 6.07) is 5.88. The fourth-order valence-corrected chi connectivity index (χ4v) is 2.52. The molecule has 0 radical (unpaired) electrons. The van der Waals surface area contributed by atoms with E-state index in [4.69, 9.17) is 4.74 Å². The number of hydrogen-bond donors (Lipinski definition) is 1. The van der Waals surface area contributed by atoms with Crippen LogP contribution in [0.15, 0.2) is 29.8 Å². The third kappa shape index (κ3) is 5.00. The minimum absolute atomic E-state index is 0.314. The van der Waals surface area contributed by atoms with Crippen molar-refractivity contribution >= 4 is 11.3 Å². The zero-order valence-electron chi connectivity index (χ0n) is 12.0. The van der Waals surface area contributed by atoms with E-state index >= 15 is 0 Å². The van der Waals surface area contributed by atoms with Crippen molar-refractivity contribution in [1.82, 2.24) is 15.3 Å². The van der Waals surface area contributed by atoms with Crippen LogP contribution in [-0.4, -0.2) is 29.2 Å². The van der Waals surface area contributed by atoms with Gasteiger partial charge in [0, 0.05) is 24.7 Å². The number of nitrogens with zero attached hydrogens (tertiary/aromatic N) is 2. The van der Waals surface area contributed by atoms with E-state index in [0.29, 0.717) is 6.10 Å². The lowest BCUT2D eigenvalue weighted by molar-refractivity contribution is 0.0770. The standard InChI is InChI=1S/C15H21N3OS/c1-12(2)19-9-5-7-16-10-13-11-20-15(18-13)14-6-3-4-8-17-14/h3-4,6,8,11-12,16H,5,7,9-10H2,1-2H3. The molecule has 20 heavy (non-hydrogen) atoms. The number of rotatable bonds is 8. The summed E-state index contributed by atoms with van der Waals surface area (Å²) in [6.45, 7) is 6.67. The topological polar surface area (TPSA) is 47.0 Å². The van der Waals surface area contributed by atoms with Gasteiger partial charge in [-0.05, 0) is 38.9 Å². The third-order valence-corrected chi connectivity index (χ3v) is 3.60. The summed E-state index contributed by atoms with van der Waals surface area (Å²) in [5.74, 6) is 0. The summed E-state index contributed by atoms with van der Waals surface area (Å²) in [6.07, 6.45) is 3.13. The molecule has 1 N–H and O–H groups in total. The van der Waals surface area contributed by atoms with Gasteiger partial charge in [-0.25, -0.2) is 4.98 Å².